The third-order valence-electron chi connectivity index (χ3n) is 6.28. The van der Waals surface area contributed by atoms with Crippen LogP contribution in [0.15, 0.2) is 52.1 Å². The molecular weight excluding hydrogens is 411 g/mol. The average molecular weight is 439 g/mol. The number of aromatic nitrogens is 2. The molecule has 3 aromatic rings. The molecule has 4 rings (SSSR count). The molecule has 2 aromatic carbocycles. The molecule has 0 bridgehead atoms. The predicted molar refractivity (Wildman–Crippen MR) is 122 cm³/mol. The molecule has 8 heteroatoms. The number of carbonyl (C=O) groups excluding carboxylic acids is 1. The molecule has 1 aliphatic rings. The second-order valence-electron chi connectivity index (χ2n) is 8.12. The number of hydrogen-bond acceptors (Lipinski definition) is 4. The van der Waals surface area contributed by atoms with Crippen LogP contribution < -0.4 is 11.2 Å². The molecule has 1 N–H and O–H groups in total. The summed E-state index contributed by atoms with van der Waals surface area (Å²) in [7, 11) is 0. The number of para-hydroxylation sites is 1. The maximum atomic E-state index is 14.6. The van der Waals surface area contributed by atoms with Crippen LogP contribution in [0.4, 0.5) is 4.39 Å². The second-order valence-corrected chi connectivity index (χ2v) is 8.12. The lowest BCUT2D eigenvalue weighted by Gasteiger charge is -2.40. The fraction of sp³-hybridized carbons (Fsp3) is 0.375. The minimum Gasteiger partial charge on any atom is -0.336 e. The number of carbonyl (C=O) groups is 1. The number of H-pyrrole nitrogens is 1. The molecule has 1 amide bonds. The highest BCUT2D eigenvalue weighted by atomic mass is 19.1. The number of nitrogens with zero attached hydrogens (tertiary/aromatic N) is 3. The predicted octanol–water partition coefficient (Wildman–Crippen LogP) is 2.43. The van der Waals surface area contributed by atoms with E-state index in [9.17, 15) is 18.8 Å². The fourth-order valence-electron chi connectivity index (χ4n) is 4.47. The molecule has 168 valence electrons. The van der Waals surface area contributed by atoms with Gasteiger partial charge in [-0.1, -0.05) is 32.0 Å². The van der Waals surface area contributed by atoms with Gasteiger partial charge in [-0.05, 0) is 42.8 Å². The van der Waals surface area contributed by atoms with Crippen LogP contribution in [0, 0.1) is 5.82 Å². The Hall–Kier alpha value is -3.26. The van der Waals surface area contributed by atoms with Crippen molar-refractivity contribution in [1.82, 2.24) is 19.4 Å². The number of benzene rings is 2. The summed E-state index contributed by atoms with van der Waals surface area (Å²) in [5.41, 5.74) is 0.0956. The first-order valence-electron chi connectivity index (χ1n) is 11.0. The number of fused-ring (bicyclic) bond motifs is 1. The summed E-state index contributed by atoms with van der Waals surface area (Å²) in [5, 5.41) is 0.393. The molecule has 32 heavy (non-hydrogen) atoms. The number of halogens is 1. The lowest BCUT2D eigenvalue weighted by Crippen LogP contribution is -2.54. The molecule has 0 spiro atoms. The zero-order valence-electron chi connectivity index (χ0n) is 18.3. The van der Waals surface area contributed by atoms with E-state index in [2.05, 4.69) is 23.7 Å². The Bertz CT molecular complexity index is 1270. The summed E-state index contributed by atoms with van der Waals surface area (Å²) in [4.78, 5) is 44.1. The van der Waals surface area contributed by atoms with Crippen molar-refractivity contribution in [2.24, 2.45) is 0 Å². The van der Waals surface area contributed by atoms with Gasteiger partial charge in [0.1, 0.15) is 5.82 Å². The van der Waals surface area contributed by atoms with Crippen LogP contribution in [-0.4, -0.2) is 57.5 Å². The van der Waals surface area contributed by atoms with Crippen molar-refractivity contribution in [3.05, 3.63) is 80.2 Å². The number of hydrogen-bond donors (Lipinski definition) is 1. The monoisotopic (exact) mass is 438 g/mol. The topological polar surface area (TPSA) is 78.4 Å². The van der Waals surface area contributed by atoms with Gasteiger partial charge in [-0.25, -0.2) is 9.18 Å². The Labute approximate surface area is 185 Å². The molecule has 0 aliphatic carbocycles. The van der Waals surface area contributed by atoms with Gasteiger partial charge < -0.3 is 4.90 Å². The minimum absolute atomic E-state index is 0.00378. The molecule has 1 saturated heterocycles. The minimum atomic E-state index is -0.580. The van der Waals surface area contributed by atoms with E-state index in [1.165, 1.54) is 16.7 Å². The highest BCUT2D eigenvalue weighted by molar-refractivity contribution is 5.94. The quantitative estimate of drug-likeness (QED) is 0.664. The van der Waals surface area contributed by atoms with Crippen LogP contribution in [-0.2, 0) is 6.54 Å². The van der Waals surface area contributed by atoms with Gasteiger partial charge in [0.05, 0.1) is 23.0 Å². The van der Waals surface area contributed by atoms with E-state index in [4.69, 9.17) is 0 Å². The van der Waals surface area contributed by atoms with Gasteiger partial charge in [0, 0.05) is 25.7 Å². The number of rotatable bonds is 5. The maximum Gasteiger partial charge on any atom is 0.329 e. The molecule has 1 aromatic heterocycles. The van der Waals surface area contributed by atoms with Crippen LogP contribution in [0.5, 0.6) is 0 Å². The Kier molecular flexibility index (Phi) is 6.23. The maximum absolute atomic E-state index is 14.6. The first-order chi connectivity index (χ1) is 15.4. The smallest absolute Gasteiger partial charge is 0.329 e. The summed E-state index contributed by atoms with van der Waals surface area (Å²) in [6.45, 7) is 7.11. The largest absolute Gasteiger partial charge is 0.336 e. The Morgan fingerprint density at radius 3 is 2.66 bits per heavy atom. The van der Waals surface area contributed by atoms with Crippen molar-refractivity contribution in [1.29, 1.82) is 0 Å². The average Bonchev–Trinajstić information content (AvgIpc) is 2.81. The van der Waals surface area contributed by atoms with Gasteiger partial charge >= 0.3 is 5.69 Å². The summed E-state index contributed by atoms with van der Waals surface area (Å²) in [6.07, 6.45) is 0.919. The van der Waals surface area contributed by atoms with Crippen LogP contribution in [0.3, 0.4) is 0 Å². The van der Waals surface area contributed by atoms with Crippen molar-refractivity contribution in [2.45, 2.75) is 32.9 Å². The summed E-state index contributed by atoms with van der Waals surface area (Å²) < 4.78 is 16.1. The molecule has 1 aliphatic heterocycles. The van der Waals surface area contributed by atoms with E-state index in [0.29, 0.717) is 29.6 Å². The van der Waals surface area contributed by atoms with Gasteiger partial charge in [0.25, 0.3) is 11.5 Å². The van der Waals surface area contributed by atoms with Crippen LogP contribution >= 0.6 is 0 Å². The first-order valence-corrected chi connectivity index (χ1v) is 11.0. The van der Waals surface area contributed by atoms with E-state index < -0.39 is 17.1 Å². The fourth-order valence-corrected chi connectivity index (χ4v) is 4.47. The third kappa shape index (κ3) is 4.10. The van der Waals surface area contributed by atoms with Gasteiger partial charge in [-0.3, -0.25) is 24.0 Å². The molecule has 0 radical (unpaired) electrons. The van der Waals surface area contributed by atoms with E-state index >= 15 is 0 Å². The lowest BCUT2D eigenvalue weighted by molar-refractivity contribution is 0.0485. The SMILES string of the molecule is CC[C@H]1CN(C(=O)c2cc(Cn3c(=O)[nH]c(=O)c4ccccc43)ccc2F)CCN1CC. The number of amides is 1. The van der Waals surface area contributed by atoms with Gasteiger partial charge in [-0.2, -0.15) is 0 Å². The Morgan fingerprint density at radius 2 is 1.91 bits per heavy atom. The highest BCUT2D eigenvalue weighted by Crippen LogP contribution is 2.19. The molecule has 1 fully saturated rings. The van der Waals surface area contributed by atoms with E-state index in [0.717, 1.165) is 19.5 Å². The number of piperazine rings is 1. The summed E-state index contributed by atoms with van der Waals surface area (Å²) in [5.74, 6) is -0.916. The molecule has 0 saturated carbocycles. The molecular formula is C24H27FN4O3. The molecule has 2 heterocycles. The van der Waals surface area contributed by atoms with E-state index in [1.807, 2.05) is 0 Å². The summed E-state index contributed by atoms with van der Waals surface area (Å²) in [6, 6.07) is 11.4. The van der Waals surface area contributed by atoms with Crippen LogP contribution in [0.2, 0.25) is 0 Å². The molecule has 1 atom stereocenters. The summed E-state index contributed by atoms with van der Waals surface area (Å²) >= 11 is 0. The highest BCUT2D eigenvalue weighted by Gasteiger charge is 2.29. The van der Waals surface area contributed by atoms with E-state index in [-0.39, 0.29) is 24.1 Å². The number of likely N-dealkylation sites (N-methyl/N-ethyl adjacent to an activating group) is 1. The van der Waals surface area contributed by atoms with Gasteiger partial charge in [0.15, 0.2) is 0 Å². The third-order valence-corrected chi connectivity index (χ3v) is 6.28. The Morgan fingerprint density at radius 1 is 1.12 bits per heavy atom. The van der Waals surface area contributed by atoms with Crippen LogP contribution in [0.25, 0.3) is 10.9 Å². The standard InChI is InChI=1S/C24H27FN4O3/c1-3-17-15-28(12-11-27(17)4-2)23(31)19-13-16(9-10-20(19)25)14-29-21-8-6-5-7-18(21)22(30)26-24(29)32/h5-10,13,17H,3-4,11-12,14-15H2,1-2H3,(H,26,30,32)/t17-/m0/s1. The van der Waals surface area contributed by atoms with Crippen molar-refractivity contribution < 1.29 is 9.18 Å². The zero-order chi connectivity index (χ0) is 22.8. The normalized spacial score (nSPS) is 17.1. The number of nitrogens with one attached hydrogen (secondary N) is 1. The lowest BCUT2D eigenvalue weighted by atomic mass is 10.1. The molecule has 0 unspecified atom stereocenters. The number of aromatic amines is 1. The second kappa shape index (κ2) is 9.08. The Balaban J connectivity index is 1.65. The van der Waals surface area contributed by atoms with Crippen molar-refractivity contribution in [2.75, 3.05) is 26.2 Å². The van der Waals surface area contributed by atoms with Crippen molar-refractivity contribution >= 4 is 16.8 Å². The molecule has 7 nitrogen and oxygen atoms in total. The van der Waals surface area contributed by atoms with Crippen LogP contribution in [0.1, 0.15) is 36.2 Å². The van der Waals surface area contributed by atoms with Gasteiger partial charge in [-0.15, -0.1) is 0 Å². The van der Waals surface area contributed by atoms with Gasteiger partial charge in [0.2, 0.25) is 0 Å². The zero-order valence-corrected chi connectivity index (χ0v) is 18.3. The van der Waals surface area contributed by atoms with E-state index in [1.54, 1.807) is 35.2 Å². The van der Waals surface area contributed by atoms with Crippen molar-refractivity contribution in [3.63, 3.8) is 0 Å². The first kappa shape index (κ1) is 22.0. The van der Waals surface area contributed by atoms with Crippen molar-refractivity contribution in [3.8, 4) is 0 Å².